The molecule has 0 aliphatic rings. The monoisotopic (exact) mass is 821 g/mol. The SMILES string of the molecule is CC(C)(C)c1cc(-c2nc3ccccc3c3sc4ccccc4c23)[c-]c2ccccc12.CCC(CC)C(=O)/C=C(\O)C(CC)CC.[Ir]. The molecule has 0 amide bonds. The predicted octanol–water partition coefficient (Wildman–Crippen LogP) is 12.4. The van der Waals surface area contributed by atoms with Gasteiger partial charge in [0.1, 0.15) is 0 Å². The van der Waals surface area contributed by atoms with Crippen molar-refractivity contribution in [3.05, 3.63) is 102 Å². The molecule has 2 aromatic heterocycles. The second-order valence-electron chi connectivity index (χ2n) is 13.2. The molecule has 1 N–H and O–H groups in total. The van der Waals surface area contributed by atoms with E-state index in [-0.39, 0.29) is 48.9 Å². The predicted molar refractivity (Wildman–Crippen MR) is 199 cm³/mol. The molecule has 47 heavy (non-hydrogen) atoms. The minimum Gasteiger partial charge on any atom is -0.512 e. The summed E-state index contributed by atoms with van der Waals surface area (Å²) in [5, 5.41) is 15.9. The number of thiophene rings is 1. The Morgan fingerprint density at radius 2 is 1.40 bits per heavy atom. The van der Waals surface area contributed by atoms with Crippen molar-refractivity contribution in [2.45, 2.75) is 79.6 Å². The van der Waals surface area contributed by atoms with Gasteiger partial charge >= 0.3 is 0 Å². The van der Waals surface area contributed by atoms with Crippen LogP contribution in [-0.4, -0.2) is 15.9 Å². The van der Waals surface area contributed by atoms with Gasteiger partial charge in [-0.1, -0.05) is 114 Å². The van der Waals surface area contributed by atoms with Crippen molar-refractivity contribution in [1.29, 1.82) is 0 Å². The summed E-state index contributed by atoms with van der Waals surface area (Å²) in [4.78, 5) is 16.9. The number of aromatic nitrogens is 1. The smallest absolute Gasteiger partial charge is 0.162 e. The zero-order valence-corrected chi connectivity index (χ0v) is 31.8. The van der Waals surface area contributed by atoms with Crippen molar-refractivity contribution in [2.75, 3.05) is 0 Å². The number of nitrogens with zero attached hydrogens (tertiary/aromatic N) is 1. The summed E-state index contributed by atoms with van der Waals surface area (Å²) in [6, 6.07) is 31.8. The molecule has 4 aromatic carbocycles. The van der Waals surface area contributed by atoms with Gasteiger partial charge in [-0.3, -0.25) is 9.78 Å². The van der Waals surface area contributed by atoms with Gasteiger partial charge in [0.15, 0.2) is 5.78 Å². The molecule has 247 valence electrons. The Labute approximate surface area is 297 Å². The number of rotatable bonds is 8. The van der Waals surface area contributed by atoms with Crippen LogP contribution in [0, 0.1) is 17.9 Å². The molecule has 0 atom stereocenters. The zero-order chi connectivity index (χ0) is 33.0. The van der Waals surface area contributed by atoms with Crippen molar-refractivity contribution in [2.24, 2.45) is 11.8 Å². The van der Waals surface area contributed by atoms with Crippen LogP contribution < -0.4 is 0 Å². The molecule has 0 aliphatic carbocycles. The fourth-order valence-corrected chi connectivity index (χ4v) is 7.60. The molecule has 3 nitrogen and oxygen atoms in total. The van der Waals surface area contributed by atoms with Crippen molar-refractivity contribution < 1.29 is 30.0 Å². The fraction of sp³-hybridized carbons (Fsp3) is 0.333. The maximum atomic E-state index is 11.7. The number of aliphatic hydroxyl groups is 1. The molecule has 1 radical (unpaired) electrons. The van der Waals surface area contributed by atoms with Gasteiger partial charge in [0.25, 0.3) is 0 Å². The maximum Gasteiger partial charge on any atom is 0.162 e. The summed E-state index contributed by atoms with van der Waals surface area (Å²) < 4.78 is 2.61. The largest absolute Gasteiger partial charge is 0.512 e. The first-order valence-corrected chi connectivity index (χ1v) is 17.5. The number of hydrogen-bond donors (Lipinski definition) is 1. The molecule has 0 unspecified atom stereocenters. The van der Waals surface area contributed by atoms with Crippen molar-refractivity contribution in [3.8, 4) is 11.3 Å². The van der Waals surface area contributed by atoms with Crippen LogP contribution in [0.2, 0.25) is 0 Å². The third-order valence-corrected chi connectivity index (χ3v) is 10.3. The first-order valence-electron chi connectivity index (χ1n) is 16.7. The maximum absolute atomic E-state index is 11.7. The van der Waals surface area contributed by atoms with Gasteiger partial charge in [-0.15, -0.1) is 40.5 Å². The van der Waals surface area contributed by atoms with Crippen LogP contribution in [0.1, 0.15) is 79.7 Å². The molecule has 5 heteroatoms. The molecular formula is C42H46IrNO2S-. The van der Waals surface area contributed by atoms with Crippen LogP contribution in [0.25, 0.3) is 53.1 Å². The molecule has 0 saturated carbocycles. The van der Waals surface area contributed by atoms with Gasteiger partial charge in [0, 0.05) is 58.5 Å². The second kappa shape index (κ2) is 15.7. The van der Waals surface area contributed by atoms with Crippen LogP contribution >= 0.6 is 11.3 Å². The van der Waals surface area contributed by atoms with E-state index in [1.165, 1.54) is 42.6 Å². The molecule has 6 aromatic rings. The van der Waals surface area contributed by atoms with Crippen LogP contribution in [0.15, 0.2) is 90.7 Å². The number of para-hydroxylation sites is 1. The minimum absolute atomic E-state index is 0. The number of carbonyl (C=O) groups excluding carboxylic acids is 1. The molecule has 6 rings (SSSR count). The van der Waals surface area contributed by atoms with E-state index in [2.05, 4.69) is 106 Å². The van der Waals surface area contributed by atoms with E-state index in [9.17, 15) is 9.90 Å². The van der Waals surface area contributed by atoms with Gasteiger partial charge < -0.3 is 5.11 Å². The Kier molecular flexibility index (Phi) is 12.2. The number of allylic oxidation sites excluding steroid dienone is 2. The number of pyridine rings is 1. The number of benzene rings is 4. The molecule has 0 saturated heterocycles. The number of ketones is 1. The first-order chi connectivity index (χ1) is 22.1. The fourth-order valence-electron chi connectivity index (χ4n) is 6.36. The quantitative estimate of drug-likeness (QED) is 0.0945. The first kappa shape index (κ1) is 36.5. The number of hydrogen-bond acceptors (Lipinski definition) is 4. The van der Waals surface area contributed by atoms with Gasteiger partial charge in [0.05, 0.1) is 11.3 Å². The van der Waals surface area contributed by atoms with Crippen LogP contribution in [0.5, 0.6) is 0 Å². The molecule has 2 heterocycles. The van der Waals surface area contributed by atoms with E-state index >= 15 is 0 Å². The van der Waals surface area contributed by atoms with Crippen molar-refractivity contribution >= 4 is 59.0 Å². The average molecular weight is 821 g/mol. The molecule has 0 spiro atoms. The standard InChI is InChI=1S/C29H22NS.C13H24O2.Ir/c1-29(2,3)23-17-19(16-18-10-4-5-11-20(18)23)27-26-22-13-7-9-15-25(22)31-28(26)21-12-6-8-14-24(21)30-27;1-5-10(6-2)12(14)9-13(15)11(7-3)8-4;/h4-15,17H,1-3H3;9-11,14H,5-8H2,1-4H3;/q-1;;/b;12-9-;. The van der Waals surface area contributed by atoms with Crippen molar-refractivity contribution in [1.82, 2.24) is 4.98 Å². The van der Waals surface area contributed by atoms with Crippen LogP contribution in [-0.2, 0) is 30.3 Å². The second-order valence-corrected chi connectivity index (χ2v) is 14.2. The van der Waals surface area contributed by atoms with E-state index in [1.54, 1.807) is 0 Å². The topological polar surface area (TPSA) is 50.2 Å². The Morgan fingerprint density at radius 3 is 2.04 bits per heavy atom. The van der Waals surface area contributed by atoms with Crippen molar-refractivity contribution in [3.63, 3.8) is 0 Å². The van der Waals surface area contributed by atoms with E-state index < -0.39 is 0 Å². The molecular weight excluding hydrogens is 775 g/mol. The number of aliphatic hydroxyl groups excluding tert-OH is 1. The Hall–Kier alpha value is -3.37. The van der Waals surface area contributed by atoms with E-state index in [1.807, 2.05) is 39.0 Å². The summed E-state index contributed by atoms with van der Waals surface area (Å²) in [5.41, 5.74) is 4.50. The minimum atomic E-state index is 0. The summed E-state index contributed by atoms with van der Waals surface area (Å²) in [6.45, 7) is 14.9. The molecule has 0 fully saturated rings. The Morgan fingerprint density at radius 1 is 0.830 bits per heavy atom. The van der Waals surface area contributed by atoms with Gasteiger partial charge in [-0.25, -0.2) is 0 Å². The number of fused-ring (bicyclic) bond motifs is 6. The van der Waals surface area contributed by atoms with E-state index in [0.29, 0.717) is 0 Å². The zero-order valence-electron chi connectivity index (χ0n) is 28.6. The van der Waals surface area contributed by atoms with Crippen LogP contribution in [0.3, 0.4) is 0 Å². The average Bonchev–Trinajstić information content (AvgIpc) is 3.45. The Balaban J connectivity index is 0.000000269. The summed E-state index contributed by atoms with van der Waals surface area (Å²) >= 11 is 1.86. The molecule has 0 bridgehead atoms. The van der Waals surface area contributed by atoms with E-state index in [4.69, 9.17) is 4.98 Å². The third-order valence-electron chi connectivity index (χ3n) is 9.13. The van der Waals surface area contributed by atoms with Gasteiger partial charge in [0.2, 0.25) is 0 Å². The summed E-state index contributed by atoms with van der Waals surface area (Å²) in [6.07, 6.45) is 4.91. The summed E-state index contributed by atoms with van der Waals surface area (Å²) in [7, 11) is 0. The van der Waals surface area contributed by atoms with Crippen LogP contribution in [0.4, 0.5) is 0 Å². The number of carbonyl (C=O) groups is 1. The van der Waals surface area contributed by atoms with Gasteiger partial charge in [-0.2, -0.15) is 0 Å². The Bertz CT molecular complexity index is 2030. The molecule has 0 aliphatic heterocycles. The summed E-state index contributed by atoms with van der Waals surface area (Å²) in [5.74, 6) is 0.547. The van der Waals surface area contributed by atoms with Gasteiger partial charge in [-0.05, 0) is 54.0 Å². The third kappa shape index (κ3) is 7.69. The normalized spacial score (nSPS) is 12.1. The van der Waals surface area contributed by atoms with E-state index in [0.717, 1.165) is 47.8 Å².